The number of carbonyl (C=O) groups is 1. The van der Waals surface area contributed by atoms with Gasteiger partial charge in [0.05, 0.1) is 6.10 Å². The van der Waals surface area contributed by atoms with E-state index in [9.17, 15) is 13.6 Å². The second-order valence-corrected chi connectivity index (χ2v) is 7.27. The van der Waals surface area contributed by atoms with E-state index in [1.807, 2.05) is 20.8 Å². The average molecular weight is 344 g/mol. The van der Waals surface area contributed by atoms with Crippen molar-refractivity contribution in [2.75, 3.05) is 11.9 Å². The maximum atomic E-state index is 12.6. The minimum absolute atomic E-state index is 0.0658. The number of thioether (sulfide) groups is 1. The molecule has 128 valence electrons. The van der Waals surface area contributed by atoms with Crippen LogP contribution in [0.5, 0.6) is 0 Å². The van der Waals surface area contributed by atoms with Gasteiger partial charge in [-0.2, -0.15) is 8.78 Å². The molecule has 1 aromatic rings. The van der Waals surface area contributed by atoms with Crippen molar-refractivity contribution in [1.82, 2.24) is 0 Å². The van der Waals surface area contributed by atoms with Crippen LogP contribution < -0.4 is 11.1 Å². The van der Waals surface area contributed by atoms with E-state index in [1.165, 1.54) is 6.07 Å². The quantitative estimate of drug-likeness (QED) is 0.776. The van der Waals surface area contributed by atoms with Crippen LogP contribution in [-0.4, -0.2) is 29.9 Å². The summed E-state index contributed by atoms with van der Waals surface area (Å²) >= 11 is 0.438. The van der Waals surface area contributed by atoms with Crippen molar-refractivity contribution in [1.29, 1.82) is 0 Å². The van der Waals surface area contributed by atoms with Gasteiger partial charge in [0.2, 0.25) is 5.91 Å². The highest BCUT2D eigenvalue weighted by Crippen LogP contribution is 2.50. The van der Waals surface area contributed by atoms with Gasteiger partial charge in [-0.3, -0.25) is 4.79 Å². The van der Waals surface area contributed by atoms with Crippen molar-refractivity contribution in [3.8, 4) is 0 Å². The highest BCUT2D eigenvalue weighted by atomic mass is 32.2. The molecule has 2 atom stereocenters. The molecular weight excluding hydrogens is 322 g/mol. The summed E-state index contributed by atoms with van der Waals surface area (Å²) in [6.45, 7) is 6.27. The largest absolute Gasteiger partial charge is 0.378 e. The van der Waals surface area contributed by atoms with Crippen LogP contribution in [-0.2, 0) is 9.53 Å². The first-order chi connectivity index (χ1) is 10.7. The Kier molecular flexibility index (Phi) is 5.33. The zero-order valence-corrected chi connectivity index (χ0v) is 14.3. The lowest BCUT2D eigenvalue weighted by Crippen LogP contribution is -2.74. The summed E-state index contributed by atoms with van der Waals surface area (Å²) in [6.07, 6.45) is 0.370. The highest BCUT2D eigenvalue weighted by Gasteiger charge is 2.62. The Balaban J connectivity index is 2.08. The standard InChI is InChI=1S/C16H22F2N2O2S/c1-4-22-12-9-16(19,15(12,2)3)13(21)20-10-6-5-7-11(8-10)23-14(17)18/h5-8,12,14H,4,9,19H2,1-3H3,(H,20,21). The Morgan fingerprint density at radius 1 is 1.52 bits per heavy atom. The number of halogens is 2. The molecule has 0 aromatic heterocycles. The number of nitrogens with one attached hydrogen (secondary N) is 1. The molecule has 7 heteroatoms. The third-order valence-electron chi connectivity index (χ3n) is 4.55. The number of rotatable bonds is 6. The zero-order valence-electron chi connectivity index (χ0n) is 13.4. The molecule has 1 fully saturated rings. The van der Waals surface area contributed by atoms with E-state index in [0.717, 1.165) is 0 Å². The lowest BCUT2D eigenvalue weighted by atomic mass is 9.54. The van der Waals surface area contributed by atoms with Crippen LogP contribution in [0.1, 0.15) is 27.2 Å². The molecule has 1 aliphatic rings. The molecule has 1 aromatic carbocycles. The van der Waals surface area contributed by atoms with E-state index in [-0.39, 0.29) is 12.0 Å². The summed E-state index contributed by atoms with van der Waals surface area (Å²) in [5, 5.41) is 2.74. The summed E-state index contributed by atoms with van der Waals surface area (Å²) in [4.78, 5) is 13.0. The van der Waals surface area contributed by atoms with Crippen LogP contribution in [0.3, 0.4) is 0 Å². The Morgan fingerprint density at radius 2 is 2.22 bits per heavy atom. The Morgan fingerprint density at radius 3 is 2.78 bits per heavy atom. The van der Waals surface area contributed by atoms with Gasteiger partial charge in [0.1, 0.15) is 5.54 Å². The van der Waals surface area contributed by atoms with Gasteiger partial charge in [-0.15, -0.1) is 0 Å². The highest BCUT2D eigenvalue weighted by molar-refractivity contribution is 7.99. The lowest BCUT2D eigenvalue weighted by molar-refractivity contribution is -0.166. The van der Waals surface area contributed by atoms with Crippen LogP contribution in [0.2, 0.25) is 0 Å². The average Bonchev–Trinajstić information content (AvgIpc) is 2.46. The number of amides is 1. The fraction of sp³-hybridized carbons (Fsp3) is 0.562. The molecule has 0 saturated heterocycles. The monoisotopic (exact) mass is 344 g/mol. The Labute approximate surface area is 139 Å². The zero-order chi connectivity index (χ0) is 17.3. The maximum absolute atomic E-state index is 12.6. The van der Waals surface area contributed by atoms with Gasteiger partial charge in [-0.05, 0) is 25.1 Å². The first-order valence-corrected chi connectivity index (χ1v) is 8.35. The fourth-order valence-electron chi connectivity index (χ4n) is 2.81. The molecule has 4 nitrogen and oxygen atoms in total. The molecule has 3 N–H and O–H groups in total. The molecule has 23 heavy (non-hydrogen) atoms. The number of hydrogen-bond donors (Lipinski definition) is 2. The predicted molar refractivity (Wildman–Crippen MR) is 87.7 cm³/mol. The topological polar surface area (TPSA) is 64.3 Å². The van der Waals surface area contributed by atoms with Crippen molar-refractivity contribution in [3.63, 3.8) is 0 Å². The molecule has 1 amide bonds. The number of nitrogens with two attached hydrogens (primary N) is 1. The number of alkyl halides is 2. The molecule has 0 aliphatic heterocycles. The molecule has 1 saturated carbocycles. The van der Waals surface area contributed by atoms with E-state index in [0.29, 0.717) is 35.4 Å². The van der Waals surface area contributed by atoms with Crippen molar-refractivity contribution in [3.05, 3.63) is 24.3 Å². The molecule has 2 rings (SSSR count). The number of anilines is 1. The van der Waals surface area contributed by atoms with Crippen LogP contribution in [0.15, 0.2) is 29.2 Å². The van der Waals surface area contributed by atoms with Crippen LogP contribution in [0.4, 0.5) is 14.5 Å². The molecule has 0 heterocycles. The summed E-state index contributed by atoms with van der Waals surface area (Å²) < 4.78 is 30.5. The van der Waals surface area contributed by atoms with Crippen molar-refractivity contribution < 1.29 is 18.3 Å². The van der Waals surface area contributed by atoms with Crippen LogP contribution in [0, 0.1) is 5.41 Å². The van der Waals surface area contributed by atoms with E-state index in [2.05, 4.69) is 5.32 Å². The van der Waals surface area contributed by atoms with Gasteiger partial charge in [0, 0.05) is 29.0 Å². The number of carbonyl (C=O) groups excluding carboxylic acids is 1. The van der Waals surface area contributed by atoms with Crippen LogP contribution in [0.25, 0.3) is 0 Å². The van der Waals surface area contributed by atoms with Gasteiger partial charge in [-0.1, -0.05) is 31.7 Å². The SMILES string of the molecule is CCOC1CC(N)(C(=O)Nc2cccc(SC(F)F)c2)C1(C)C. The molecule has 1 aliphatic carbocycles. The molecule has 2 unspecified atom stereocenters. The Hall–Kier alpha value is -1.18. The van der Waals surface area contributed by atoms with E-state index >= 15 is 0 Å². The summed E-state index contributed by atoms with van der Waals surface area (Å²) in [7, 11) is 0. The van der Waals surface area contributed by atoms with Gasteiger partial charge in [-0.25, -0.2) is 0 Å². The fourth-order valence-corrected chi connectivity index (χ4v) is 3.37. The van der Waals surface area contributed by atoms with Gasteiger partial charge < -0.3 is 15.8 Å². The molecule has 0 bridgehead atoms. The predicted octanol–water partition coefficient (Wildman–Crippen LogP) is 3.47. The second kappa shape index (κ2) is 6.75. The van der Waals surface area contributed by atoms with Crippen molar-refractivity contribution in [2.24, 2.45) is 11.1 Å². The minimum atomic E-state index is -2.50. The van der Waals surface area contributed by atoms with Gasteiger partial charge >= 0.3 is 0 Å². The second-order valence-electron chi connectivity index (χ2n) is 6.20. The smallest absolute Gasteiger partial charge is 0.288 e. The Bertz CT molecular complexity index is 583. The molecule has 0 spiro atoms. The number of hydrogen-bond acceptors (Lipinski definition) is 4. The van der Waals surface area contributed by atoms with E-state index < -0.39 is 16.7 Å². The third kappa shape index (κ3) is 3.51. The van der Waals surface area contributed by atoms with E-state index in [1.54, 1.807) is 18.2 Å². The number of ether oxygens (including phenoxy) is 1. The molecule has 0 radical (unpaired) electrons. The maximum Gasteiger partial charge on any atom is 0.288 e. The van der Waals surface area contributed by atoms with Crippen molar-refractivity contribution >= 4 is 23.4 Å². The number of benzene rings is 1. The minimum Gasteiger partial charge on any atom is -0.378 e. The molecular formula is C16H22F2N2O2S. The van der Waals surface area contributed by atoms with Crippen molar-refractivity contribution in [2.45, 2.75) is 49.5 Å². The first kappa shape index (κ1) is 18.2. The first-order valence-electron chi connectivity index (χ1n) is 7.47. The lowest BCUT2D eigenvalue weighted by Gasteiger charge is -2.57. The van der Waals surface area contributed by atoms with E-state index in [4.69, 9.17) is 10.5 Å². The normalized spacial score (nSPS) is 26.0. The van der Waals surface area contributed by atoms with Crippen LogP contribution >= 0.6 is 11.8 Å². The van der Waals surface area contributed by atoms with Gasteiger partial charge in [0.15, 0.2) is 0 Å². The summed E-state index contributed by atoms with van der Waals surface area (Å²) in [5.74, 6) is -2.82. The third-order valence-corrected chi connectivity index (χ3v) is 5.26. The summed E-state index contributed by atoms with van der Waals surface area (Å²) in [6, 6.07) is 6.37. The summed E-state index contributed by atoms with van der Waals surface area (Å²) in [5.41, 5.74) is 5.21. The van der Waals surface area contributed by atoms with Gasteiger partial charge in [0.25, 0.3) is 5.76 Å².